The fourth-order valence-electron chi connectivity index (χ4n) is 2.73. The van der Waals surface area contributed by atoms with Crippen LogP contribution >= 0.6 is 11.6 Å². The molecule has 2 heterocycles. The quantitative estimate of drug-likeness (QED) is 0.907. The van der Waals surface area contributed by atoms with Crippen molar-refractivity contribution in [2.45, 2.75) is 6.04 Å². The minimum absolute atomic E-state index is 0.0759. The lowest BCUT2D eigenvalue weighted by Gasteiger charge is -2.27. The molecule has 5 nitrogen and oxygen atoms in total. The summed E-state index contributed by atoms with van der Waals surface area (Å²) in [6.07, 6.45) is 0. The van der Waals surface area contributed by atoms with Gasteiger partial charge in [0.1, 0.15) is 12.4 Å². The zero-order valence-corrected chi connectivity index (χ0v) is 12.5. The Labute approximate surface area is 129 Å². The van der Waals surface area contributed by atoms with E-state index in [2.05, 4.69) is 10.2 Å². The molecule has 0 saturated carbocycles. The van der Waals surface area contributed by atoms with Gasteiger partial charge in [0.05, 0.1) is 25.2 Å². The topological polar surface area (TPSA) is 50.8 Å². The van der Waals surface area contributed by atoms with Crippen molar-refractivity contribution >= 4 is 17.5 Å². The number of nitrogens with one attached hydrogen (secondary N) is 1. The van der Waals surface area contributed by atoms with Gasteiger partial charge in [-0.1, -0.05) is 11.6 Å². The highest BCUT2D eigenvalue weighted by atomic mass is 35.5. The maximum absolute atomic E-state index is 11.9. The second-order valence-corrected chi connectivity index (χ2v) is 5.94. The number of hydrogen-bond acceptors (Lipinski definition) is 4. The van der Waals surface area contributed by atoms with Gasteiger partial charge in [-0.3, -0.25) is 9.69 Å². The zero-order valence-electron chi connectivity index (χ0n) is 11.8. The van der Waals surface area contributed by atoms with E-state index in [1.54, 1.807) is 0 Å². The smallest absolute Gasteiger partial charge is 0.227 e. The largest absolute Gasteiger partial charge is 0.492 e. The van der Waals surface area contributed by atoms with Gasteiger partial charge < -0.3 is 14.8 Å². The van der Waals surface area contributed by atoms with Gasteiger partial charge in [-0.2, -0.15) is 0 Å². The Morgan fingerprint density at radius 1 is 1.29 bits per heavy atom. The number of benzene rings is 1. The molecule has 2 bridgehead atoms. The molecule has 1 amide bonds. The molecule has 2 saturated heterocycles. The predicted molar refractivity (Wildman–Crippen MR) is 79.6 cm³/mol. The van der Waals surface area contributed by atoms with Gasteiger partial charge in [-0.05, 0) is 24.3 Å². The summed E-state index contributed by atoms with van der Waals surface area (Å²) in [5.74, 6) is 0.846. The Hall–Kier alpha value is -1.30. The first-order valence-electron chi connectivity index (χ1n) is 7.19. The van der Waals surface area contributed by atoms with E-state index >= 15 is 0 Å². The molecule has 6 heteroatoms. The second-order valence-electron chi connectivity index (χ2n) is 5.50. The normalized spacial score (nSPS) is 26.0. The maximum atomic E-state index is 11.9. The summed E-state index contributed by atoms with van der Waals surface area (Å²) in [5.41, 5.74) is 0. The molecule has 2 aliphatic rings. The van der Waals surface area contributed by atoms with E-state index in [1.165, 1.54) is 0 Å². The number of halogens is 1. The van der Waals surface area contributed by atoms with Gasteiger partial charge in [0, 0.05) is 24.7 Å². The molecule has 0 spiro atoms. The number of fused-ring (bicyclic) bond motifs is 3. The van der Waals surface area contributed by atoms with Crippen LogP contribution in [0.2, 0.25) is 5.02 Å². The second kappa shape index (κ2) is 6.64. The molecule has 0 unspecified atom stereocenters. The highest BCUT2D eigenvalue weighted by Gasteiger charge is 2.32. The number of ether oxygens (including phenoxy) is 2. The van der Waals surface area contributed by atoms with E-state index < -0.39 is 0 Å². The van der Waals surface area contributed by atoms with Crippen molar-refractivity contribution in [3.8, 4) is 5.75 Å². The molecule has 0 radical (unpaired) electrons. The summed E-state index contributed by atoms with van der Waals surface area (Å²) in [5, 5.41) is 3.73. The number of hydrogen-bond donors (Lipinski definition) is 1. The lowest BCUT2D eigenvalue weighted by molar-refractivity contribution is -0.125. The molecule has 114 valence electrons. The Balaban J connectivity index is 1.51. The molecular formula is C15H19ClN2O3. The lowest BCUT2D eigenvalue weighted by atomic mass is 10.1. The van der Waals surface area contributed by atoms with E-state index in [9.17, 15) is 4.79 Å². The van der Waals surface area contributed by atoms with E-state index in [0.29, 0.717) is 24.8 Å². The average Bonchev–Trinajstić information content (AvgIpc) is 2.70. The molecule has 0 aliphatic carbocycles. The van der Waals surface area contributed by atoms with Crippen LogP contribution in [0.3, 0.4) is 0 Å². The van der Waals surface area contributed by atoms with Crippen LogP contribution < -0.4 is 10.1 Å². The SMILES string of the molecule is O=C1N[C@@H]2COC[C@H]1CN(CCOc1ccc(Cl)cc1)C2. The van der Waals surface area contributed by atoms with Gasteiger partial charge in [0.2, 0.25) is 5.91 Å². The van der Waals surface area contributed by atoms with Gasteiger partial charge >= 0.3 is 0 Å². The number of amides is 1. The minimum atomic E-state index is -0.0759. The maximum Gasteiger partial charge on any atom is 0.227 e. The molecule has 2 aliphatic heterocycles. The summed E-state index contributed by atoms with van der Waals surface area (Å²) < 4.78 is 11.2. The molecule has 1 aromatic rings. The summed E-state index contributed by atoms with van der Waals surface area (Å²) in [6, 6.07) is 7.43. The Bertz CT molecular complexity index is 494. The Morgan fingerprint density at radius 3 is 2.90 bits per heavy atom. The summed E-state index contributed by atoms with van der Waals surface area (Å²) >= 11 is 5.84. The average molecular weight is 311 g/mol. The van der Waals surface area contributed by atoms with Crippen LogP contribution in [0, 0.1) is 5.92 Å². The van der Waals surface area contributed by atoms with Gasteiger partial charge in [0.25, 0.3) is 0 Å². The first kappa shape index (κ1) is 14.6. The van der Waals surface area contributed by atoms with E-state index in [-0.39, 0.29) is 17.9 Å². The van der Waals surface area contributed by atoms with Crippen LogP contribution in [0.1, 0.15) is 0 Å². The van der Waals surface area contributed by atoms with Crippen LogP contribution in [0.15, 0.2) is 24.3 Å². The third-order valence-electron chi connectivity index (χ3n) is 3.80. The van der Waals surface area contributed by atoms with Gasteiger partial charge in [0.15, 0.2) is 0 Å². The lowest BCUT2D eigenvalue weighted by Crippen LogP contribution is -2.43. The number of rotatable bonds is 4. The van der Waals surface area contributed by atoms with Crippen molar-refractivity contribution in [1.29, 1.82) is 0 Å². The first-order chi connectivity index (χ1) is 10.2. The number of carbonyl (C=O) groups is 1. The van der Waals surface area contributed by atoms with Crippen molar-refractivity contribution in [3.63, 3.8) is 0 Å². The Kier molecular flexibility index (Phi) is 4.63. The standard InChI is InChI=1S/C15H19ClN2O3/c16-12-1-3-14(4-2-12)21-6-5-18-7-11-9-20-10-13(8-18)17-15(11)19/h1-4,11,13H,5-10H2,(H,17,19)/t11-,13+/m1/s1. The van der Waals surface area contributed by atoms with Crippen molar-refractivity contribution in [3.05, 3.63) is 29.3 Å². The van der Waals surface area contributed by atoms with Crippen LogP contribution in [-0.4, -0.2) is 56.3 Å². The van der Waals surface area contributed by atoms with Crippen molar-refractivity contribution < 1.29 is 14.3 Å². The highest BCUT2D eigenvalue weighted by molar-refractivity contribution is 6.30. The predicted octanol–water partition coefficient (Wildman–Crippen LogP) is 1.17. The summed E-state index contributed by atoms with van der Waals surface area (Å²) in [7, 11) is 0. The third kappa shape index (κ3) is 3.87. The summed E-state index contributed by atoms with van der Waals surface area (Å²) in [6.45, 7) is 4.03. The fraction of sp³-hybridized carbons (Fsp3) is 0.533. The summed E-state index contributed by atoms with van der Waals surface area (Å²) in [4.78, 5) is 14.2. The fourth-order valence-corrected chi connectivity index (χ4v) is 2.85. The van der Waals surface area contributed by atoms with Crippen LogP contribution in [0.5, 0.6) is 5.75 Å². The minimum Gasteiger partial charge on any atom is -0.492 e. The number of nitrogens with zero attached hydrogens (tertiary/aromatic N) is 1. The molecule has 2 fully saturated rings. The van der Waals surface area contributed by atoms with Crippen LogP contribution in [0.4, 0.5) is 0 Å². The molecule has 1 N–H and O–H groups in total. The third-order valence-corrected chi connectivity index (χ3v) is 4.05. The molecule has 2 atom stereocenters. The number of carbonyl (C=O) groups excluding carboxylic acids is 1. The monoisotopic (exact) mass is 310 g/mol. The van der Waals surface area contributed by atoms with Crippen molar-refractivity contribution in [2.75, 3.05) is 39.5 Å². The van der Waals surface area contributed by atoms with E-state index in [4.69, 9.17) is 21.1 Å². The molecule has 1 aromatic carbocycles. The molecular weight excluding hydrogens is 292 g/mol. The van der Waals surface area contributed by atoms with Crippen LogP contribution in [0.25, 0.3) is 0 Å². The zero-order chi connectivity index (χ0) is 14.7. The highest BCUT2D eigenvalue weighted by Crippen LogP contribution is 2.16. The molecule has 3 rings (SSSR count). The molecule has 21 heavy (non-hydrogen) atoms. The van der Waals surface area contributed by atoms with Gasteiger partial charge in [-0.25, -0.2) is 0 Å². The van der Waals surface area contributed by atoms with Gasteiger partial charge in [-0.15, -0.1) is 0 Å². The van der Waals surface area contributed by atoms with Crippen molar-refractivity contribution in [1.82, 2.24) is 10.2 Å². The van der Waals surface area contributed by atoms with E-state index in [1.807, 2.05) is 24.3 Å². The van der Waals surface area contributed by atoms with Crippen molar-refractivity contribution in [2.24, 2.45) is 5.92 Å². The van der Waals surface area contributed by atoms with E-state index in [0.717, 1.165) is 25.4 Å². The Morgan fingerprint density at radius 2 is 2.10 bits per heavy atom. The first-order valence-corrected chi connectivity index (χ1v) is 7.57. The molecule has 0 aromatic heterocycles. The van der Waals surface area contributed by atoms with Crippen LogP contribution in [-0.2, 0) is 9.53 Å².